The highest BCUT2D eigenvalue weighted by atomic mass is 19.1. The number of rotatable bonds is 7. The quantitative estimate of drug-likeness (QED) is 0.505. The van der Waals surface area contributed by atoms with E-state index < -0.39 is 28.8 Å². The Hall–Kier alpha value is -4.22. The smallest absolute Gasteiger partial charge is 0.414 e. The number of halogens is 1. The first-order chi connectivity index (χ1) is 14.7. The fourth-order valence-corrected chi connectivity index (χ4v) is 2.75. The molecular formula is C19H17FN4O7. The van der Waals surface area contributed by atoms with Crippen LogP contribution in [0, 0.1) is 15.9 Å². The summed E-state index contributed by atoms with van der Waals surface area (Å²) in [5, 5.41) is 15.2. The summed E-state index contributed by atoms with van der Waals surface area (Å²) in [5.41, 5.74) is 0.0610. The molecule has 11 nitrogen and oxygen atoms in total. The molecule has 31 heavy (non-hydrogen) atoms. The van der Waals surface area contributed by atoms with Crippen LogP contribution in [0.15, 0.2) is 40.9 Å². The van der Waals surface area contributed by atoms with Crippen molar-refractivity contribution in [3.05, 3.63) is 64.0 Å². The Labute approximate surface area is 174 Å². The average Bonchev–Trinajstić information content (AvgIpc) is 3.33. The molecule has 2 N–H and O–H groups in total. The van der Waals surface area contributed by atoms with Crippen molar-refractivity contribution in [3.63, 3.8) is 0 Å². The lowest BCUT2D eigenvalue weighted by Crippen LogP contribution is -2.33. The molecule has 1 aromatic carbocycles. The zero-order chi connectivity index (χ0) is 22.5. The molecule has 1 aliphatic heterocycles. The van der Waals surface area contributed by atoms with Crippen LogP contribution >= 0.6 is 0 Å². The summed E-state index contributed by atoms with van der Waals surface area (Å²) >= 11 is 0. The highest BCUT2D eigenvalue weighted by molar-refractivity contribution is 6.02. The number of carbonyl (C=O) groups is 3. The number of amides is 3. The monoisotopic (exact) mass is 432 g/mol. The number of hydrogen-bond acceptors (Lipinski definition) is 7. The molecule has 0 unspecified atom stereocenters. The molecule has 1 atom stereocenters. The maximum Gasteiger partial charge on any atom is 0.414 e. The van der Waals surface area contributed by atoms with Crippen LogP contribution in [-0.2, 0) is 9.53 Å². The van der Waals surface area contributed by atoms with Crippen molar-refractivity contribution in [1.29, 1.82) is 0 Å². The molecule has 2 aromatic rings. The van der Waals surface area contributed by atoms with Crippen LogP contribution in [0.25, 0.3) is 6.08 Å². The molecular weight excluding hydrogens is 415 g/mol. The van der Waals surface area contributed by atoms with Crippen molar-refractivity contribution >= 4 is 35.4 Å². The van der Waals surface area contributed by atoms with E-state index in [0.29, 0.717) is 6.20 Å². The average molecular weight is 432 g/mol. The Morgan fingerprint density at radius 3 is 2.81 bits per heavy atom. The molecule has 2 heterocycles. The first kappa shape index (κ1) is 21.5. The molecule has 1 aromatic heterocycles. The van der Waals surface area contributed by atoms with Crippen LogP contribution in [0.4, 0.5) is 20.6 Å². The third-order valence-electron chi connectivity index (χ3n) is 4.18. The van der Waals surface area contributed by atoms with Gasteiger partial charge >= 0.3 is 6.09 Å². The van der Waals surface area contributed by atoms with E-state index in [9.17, 15) is 28.9 Å². The highest BCUT2D eigenvalue weighted by Gasteiger charge is 2.32. The van der Waals surface area contributed by atoms with E-state index in [4.69, 9.17) is 9.15 Å². The van der Waals surface area contributed by atoms with Gasteiger partial charge in [0.15, 0.2) is 5.76 Å². The maximum atomic E-state index is 14.5. The second-order valence-corrected chi connectivity index (χ2v) is 6.47. The molecule has 0 radical (unpaired) electrons. The Morgan fingerprint density at radius 1 is 1.35 bits per heavy atom. The van der Waals surface area contributed by atoms with E-state index in [-0.39, 0.29) is 41.9 Å². The summed E-state index contributed by atoms with van der Waals surface area (Å²) < 4.78 is 24.8. The minimum absolute atomic E-state index is 0.0824. The van der Waals surface area contributed by atoms with Crippen LogP contribution in [-0.4, -0.2) is 42.0 Å². The largest absolute Gasteiger partial charge is 0.451 e. The van der Waals surface area contributed by atoms with Gasteiger partial charge in [-0.05, 0) is 30.3 Å². The van der Waals surface area contributed by atoms with E-state index in [1.54, 1.807) is 0 Å². The minimum Gasteiger partial charge on any atom is -0.451 e. The number of hydrogen-bond donors (Lipinski definition) is 2. The van der Waals surface area contributed by atoms with Crippen LogP contribution in [0.5, 0.6) is 0 Å². The Kier molecular flexibility index (Phi) is 6.29. The zero-order valence-corrected chi connectivity index (χ0v) is 16.2. The van der Waals surface area contributed by atoms with Gasteiger partial charge < -0.3 is 19.8 Å². The summed E-state index contributed by atoms with van der Waals surface area (Å²) in [6.45, 7) is 1.59. The van der Waals surface area contributed by atoms with Gasteiger partial charge in [0, 0.05) is 6.92 Å². The van der Waals surface area contributed by atoms with E-state index in [1.165, 1.54) is 36.1 Å². The van der Waals surface area contributed by atoms with E-state index in [2.05, 4.69) is 10.6 Å². The van der Waals surface area contributed by atoms with Crippen LogP contribution in [0.1, 0.15) is 23.2 Å². The van der Waals surface area contributed by atoms with Gasteiger partial charge in [-0.3, -0.25) is 24.6 Å². The standard InChI is InChI=1S/C19H17FN4O7/c1-11(25)21-9-14-10-23(19(27)31-14)12-2-4-16(15(20)8-12)22-18(26)17-5-3-13(30-17)6-7-24(28)29/h2-8,14H,9-10H2,1H3,(H,21,25)(H,22,26)/b7-6+/t14-/m0/s1. The van der Waals surface area contributed by atoms with Crippen LogP contribution in [0.3, 0.4) is 0 Å². The second kappa shape index (κ2) is 9.07. The summed E-state index contributed by atoms with van der Waals surface area (Å²) in [6, 6.07) is 6.40. The third-order valence-corrected chi connectivity index (χ3v) is 4.18. The van der Waals surface area contributed by atoms with Crippen LogP contribution in [0.2, 0.25) is 0 Å². The van der Waals surface area contributed by atoms with Gasteiger partial charge in [0.25, 0.3) is 5.91 Å². The topological polar surface area (TPSA) is 144 Å². The molecule has 0 spiro atoms. The van der Waals surface area contributed by atoms with E-state index in [1.807, 2.05) is 0 Å². The predicted octanol–water partition coefficient (Wildman–Crippen LogP) is 2.38. The van der Waals surface area contributed by atoms with Gasteiger partial charge in [-0.15, -0.1) is 0 Å². The highest BCUT2D eigenvalue weighted by Crippen LogP contribution is 2.26. The van der Waals surface area contributed by atoms with Gasteiger partial charge in [-0.25, -0.2) is 9.18 Å². The first-order valence-electron chi connectivity index (χ1n) is 8.98. The van der Waals surface area contributed by atoms with Crippen molar-refractivity contribution in [1.82, 2.24) is 5.32 Å². The Balaban J connectivity index is 1.66. The molecule has 12 heteroatoms. The molecule has 0 saturated carbocycles. The number of carbonyl (C=O) groups excluding carboxylic acids is 3. The summed E-state index contributed by atoms with van der Waals surface area (Å²) in [6.07, 6.45) is 0.470. The normalized spacial score (nSPS) is 15.7. The van der Waals surface area contributed by atoms with Crippen molar-refractivity contribution in [3.8, 4) is 0 Å². The molecule has 1 aliphatic rings. The molecule has 1 fully saturated rings. The Bertz CT molecular complexity index is 1070. The SMILES string of the molecule is CC(=O)NC[C@H]1CN(c2ccc(NC(=O)c3ccc(/C=C/[N+](=O)[O-])o3)c(F)c2)C(=O)O1. The molecule has 3 rings (SSSR count). The number of nitrogens with zero attached hydrogens (tertiary/aromatic N) is 2. The molecule has 162 valence electrons. The summed E-state index contributed by atoms with van der Waals surface area (Å²) in [4.78, 5) is 46.1. The van der Waals surface area contributed by atoms with Crippen molar-refractivity contribution < 1.29 is 32.9 Å². The third kappa shape index (κ3) is 5.44. The van der Waals surface area contributed by atoms with E-state index >= 15 is 0 Å². The lowest BCUT2D eigenvalue weighted by Gasteiger charge is -2.14. The lowest BCUT2D eigenvalue weighted by molar-refractivity contribution is -0.401. The maximum absolute atomic E-state index is 14.5. The van der Waals surface area contributed by atoms with Crippen molar-refractivity contribution in [2.75, 3.05) is 23.3 Å². The zero-order valence-electron chi connectivity index (χ0n) is 16.2. The molecule has 3 amide bonds. The Morgan fingerprint density at radius 2 is 2.13 bits per heavy atom. The molecule has 0 bridgehead atoms. The number of cyclic esters (lactones) is 1. The van der Waals surface area contributed by atoms with Crippen molar-refractivity contribution in [2.45, 2.75) is 13.0 Å². The second-order valence-electron chi connectivity index (χ2n) is 6.47. The fraction of sp³-hybridized carbons (Fsp3) is 0.211. The van der Waals surface area contributed by atoms with Gasteiger partial charge in [-0.2, -0.15) is 0 Å². The number of nitrogens with one attached hydrogen (secondary N) is 2. The van der Waals surface area contributed by atoms with Gasteiger partial charge in [0.05, 0.1) is 35.5 Å². The van der Waals surface area contributed by atoms with E-state index in [0.717, 1.165) is 12.1 Å². The molecule has 0 aliphatic carbocycles. The van der Waals surface area contributed by atoms with Gasteiger partial charge in [0.1, 0.15) is 17.7 Å². The first-order valence-corrected chi connectivity index (χ1v) is 8.98. The fourth-order valence-electron chi connectivity index (χ4n) is 2.75. The van der Waals surface area contributed by atoms with Crippen LogP contribution < -0.4 is 15.5 Å². The number of nitro groups is 1. The number of furan rings is 1. The van der Waals surface area contributed by atoms with Crippen molar-refractivity contribution in [2.24, 2.45) is 0 Å². The summed E-state index contributed by atoms with van der Waals surface area (Å²) in [5.74, 6) is -1.92. The number of anilines is 2. The summed E-state index contributed by atoms with van der Waals surface area (Å²) in [7, 11) is 0. The lowest BCUT2D eigenvalue weighted by atomic mass is 10.2. The minimum atomic E-state index is -0.802. The van der Waals surface area contributed by atoms with Gasteiger partial charge in [-0.1, -0.05) is 0 Å². The molecule has 1 saturated heterocycles. The van der Waals surface area contributed by atoms with Gasteiger partial charge in [0.2, 0.25) is 12.1 Å². The predicted molar refractivity (Wildman–Crippen MR) is 105 cm³/mol. The number of ether oxygens (including phenoxy) is 1. The number of benzene rings is 1.